The quantitative estimate of drug-likeness (QED) is 0.522. The lowest BCUT2D eigenvalue weighted by molar-refractivity contribution is 0.596. The number of rotatable bonds is 4. The molecule has 2 aromatic heterocycles. The average Bonchev–Trinajstić information content (AvgIpc) is 3.36. The third kappa shape index (κ3) is 3.01. The second kappa shape index (κ2) is 6.59. The number of fused-ring (bicyclic) bond motifs is 2. The molecule has 0 saturated heterocycles. The first-order valence-electron chi connectivity index (χ1n) is 9.23. The Labute approximate surface area is 168 Å². The summed E-state index contributed by atoms with van der Waals surface area (Å²) in [5.74, 6) is 0.883. The van der Waals surface area contributed by atoms with Crippen LogP contribution >= 0.6 is 0 Å². The molecule has 0 aliphatic carbocycles. The number of hydrogen-bond acceptors (Lipinski definition) is 5. The molecule has 1 aliphatic rings. The molecule has 0 N–H and O–H groups in total. The number of benzene rings is 2. The Morgan fingerprint density at radius 1 is 1.07 bits per heavy atom. The van der Waals surface area contributed by atoms with Gasteiger partial charge in [0, 0.05) is 37.6 Å². The predicted octanol–water partition coefficient (Wildman–Crippen LogP) is 3.14. The number of hydrogen-bond donors (Lipinski definition) is 0. The van der Waals surface area contributed by atoms with Crippen LogP contribution < -0.4 is 4.90 Å². The van der Waals surface area contributed by atoms with Crippen molar-refractivity contribution >= 4 is 26.7 Å². The van der Waals surface area contributed by atoms with Gasteiger partial charge in [0.1, 0.15) is 0 Å². The molecular weight excluding hydrogens is 386 g/mol. The third-order valence-electron chi connectivity index (χ3n) is 5.15. The van der Waals surface area contributed by atoms with E-state index in [0.29, 0.717) is 6.54 Å². The maximum atomic E-state index is 13.1. The minimum absolute atomic E-state index is 0.270. The van der Waals surface area contributed by atoms with Gasteiger partial charge in [0.2, 0.25) is 15.8 Å². The lowest BCUT2D eigenvalue weighted by atomic mass is 10.2. The van der Waals surface area contributed by atoms with E-state index in [9.17, 15) is 8.42 Å². The van der Waals surface area contributed by atoms with Crippen LogP contribution in [0.4, 0.5) is 5.95 Å². The van der Waals surface area contributed by atoms with Crippen molar-refractivity contribution in [1.82, 2.24) is 19.3 Å². The van der Waals surface area contributed by atoms with E-state index in [2.05, 4.69) is 20.7 Å². The van der Waals surface area contributed by atoms with Gasteiger partial charge in [-0.3, -0.25) is 4.68 Å². The molecular formula is C21H19N5O2S. The maximum Gasteiger partial charge on any atom is 0.210 e. The Balaban J connectivity index is 1.41. The molecule has 0 fully saturated rings. The van der Waals surface area contributed by atoms with E-state index in [4.69, 9.17) is 0 Å². The monoisotopic (exact) mass is 405 g/mol. The molecule has 0 bridgehead atoms. The van der Waals surface area contributed by atoms with Crippen molar-refractivity contribution in [2.45, 2.75) is 22.9 Å². The van der Waals surface area contributed by atoms with Crippen molar-refractivity contribution in [3.8, 4) is 0 Å². The summed E-state index contributed by atoms with van der Waals surface area (Å²) in [7, 11) is -1.76. The minimum atomic E-state index is -3.59. The first-order chi connectivity index (χ1) is 14.0. The molecule has 1 aliphatic heterocycles. The van der Waals surface area contributed by atoms with Crippen LogP contribution in [0.3, 0.4) is 0 Å². The average molecular weight is 405 g/mol. The van der Waals surface area contributed by atoms with E-state index in [-0.39, 0.29) is 9.79 Å². The fourth-order valence-corrected chi connectivity index (χ4v) is 4.89. The molecule has 0 radical (unpaired) electrons. The van der Waals surface area contributed by atoms with Crippen LogP contribution in [0.5, 0.6) is 0 Å². The fraction of sp³-hybridized carbons (Fsp3) is 0.143. The summed E-state index contributed by atoms with van der Waals surface area (Å²) in [5.41, 5.74) is 1.90. The highest BCUT2D eigenvalue weighted by atomic mass is 32.2. The second-order valence-corrected chi connectivity index (χ2v) is 8.98. The molecule has 5 rings (SSSR count). The number of aryl methyl sites for hydroxylation is 1. The van der Waals surface area contributed by atoms with E-state index in [1.54, 1.807) is 47.4 Å². The zero-order valence-corrected chi connectivity index (χ0v) is 16.6. The summed E-state index contributed by atoms with van der Waals surface area (Å²) >= 11 is 0. The summed E-state index contributed by atoms with van der Waals surface area (Å²) in [6.45, 7) is 1.43. The van der Waals surface area contributed by atoms with E-state index in [1.165, 1.54) is 0 Å². The molecule has 3 heterocycles. The minimum Gasteiger partial charge on any atom is -0.314 e. The third-order valence-corrected chi connectivity index (χ3v) is 6.92. The Morgan fingerprint density at radius 2 is 1.86 bits per heavy atom. The van der Waals surface area contributed by atoms with Crippen LogP contribution in [-0.4, -0.2) is 27.7 Å². The largest absolute Gasteiger partial charge is 0.314 e. The van der Waals surface area contributed by atoms with E-state index < -0.39 is 9.84 Å². The van der Waals surface area contributed by atoms with Crippen LogP contribution in [0.2, 0.25) is 0 Å². The number of imidazole rings is 1. The van der Waals surface area contributed by atoms with Gasteiger partial charge < -0.3 is 9.47 Å². The highest BCUT2D eigenvalue weighted by Crippen LogP contribution is 2.26. The molecule has 8 heteroatoms. The lowest BCUT2D eigenvalue weighted by Crippen LogP contribution is -2.22. The van der Waals surface area contributed by atoms with Gasteiger partial charge in [-0.05, 0) is 42.0 Å². The van der Waals surface area contributed by atoms with Gasteiger partial charge in [-0.15, -0.1) is 0 Å². The van der Waals surface area contributed by atoms with Gasteiger partial charge in [0.15, 0.2) is 0 Å². The first-order valence-corrected chi connectivity index (χ1v) is 10.7. The van der Waals surface area contributed by atoms with Crippen molar-refractivity contribution in [1.29, 1.82) is 0 Å². The number of aromatic nitrogens is 4. The topological polar surface area (TPSA) is 73.0 Å². The molecule has 7 nitrogen and oxygen atoms in total. The molecule has 29 heavy (non-hydrogen) atoms. The SMILES string of the molecule is Cn1ncc2cc(S(=O)(=O)c3ccc(CN4C=CCn5ccnc54)cc3)ccc21. The second-order valence-electron chi connectivity index (χ2n) is 7.03. The van der Waals surface area contributed by atoms with Crippen LogP contribution in [-0.2, 0) is 30.0 Å². The zero-order chi connectivity index (χ0) is 20.0. The highest BCUT2D eigenvalue weighted by molar-refractivity contribution is 7.91. The van der Waals surface area contributed by atoms with Gasteiger partial charge in [-0.2, -0.15) is 5.10 Å². The van der Waals surface area contributed by atoms with Crippen LogP contribution in [0.15, 0.2) is 83.1 Å². The normalized spacial score (nSPS) is 13.8. The van der Waals surface area contributed by atoms with Crippen LogP contribution in [0.1, 0.15) is 5.56 Å². The standard InChI is InChI=1S/C21H19N5O2S/c1-24-20-8-7-19(13-17(20)14-23-24)29(27,28)18-5-3-16(4-6-18)15-26-11-2-10-25-12-9-22-21(25)26/h2-9,11-14H,10,15H2,1H3. The summed E-state index contributed by atoms with van der Waals surface area (Å²) in [5, 5.41) is 4.98. The Bertz CT molecular complexity index is 1330. The van der Waals surface area contributed by atoms with Gasteiger partial charge in [-0.1, -0.05) is 12.1 Å². The van der Waals surface area contributed by atoms with Gasteiger partial charge >= 0.3 is 0 Å². The first kappa shape index (κ1) is 17.7. The Hall–Kier alpha value is -3.39. The Morgan fingerprint density at radius 3 is 2.69 bits per heavy atom. The van der Waals surface area contributed by atoms with E-state index in [0.717, 1.165) is 29.0 Å². The zero-order valence-electron chi connectivity index (χ0n) is 15.8. The van der Waals surface area contributed by atoms with E-state index in [1.807, 2.05) is 36.5 Å². The molecule has 0 amide bonds. The summed E-state index contributed by atoms with van der Waals surface area (Å²) < 4.78 is 29.9. The van der Waals surface area contributed by atoms with Crippen molar-refractivity contribution in [3.63, 3.8) is 0 Å². The number of allylic oxidation sites excluding steroid dienone is 1. The highest BCUT2D eigenvalue weighted by Gasteiger charge is 2.19. The van der Waals surface area contributed by atoms with Crippen LogP contribution in [0, 0.1) is 0 Å². The maximum absolute atomic E-state index is 13.1. The van der Waals surface area contributed by atoms with Crippen molar-refractivity contribution in [3.05, 3.63) is 78.9 Å². The van der Waals surface area contributed by atoms with Gasteiger partial charge in [0.25, 0.3) is 0 Å². The van der Waals surface area contributed by atoms with Crippen LogP contribution in [0.25, 0.3) is 10.9 Å². The molecule has 146 valence electrons. The molecule has 2 aromatic carbocycles. The molecule has 0 spiro atoms. The molecule has 0 unspecified atom stereocenters. The number of nitrogens with zero attached hydrogens (tertiary/aromatic N) is 5. The lowest BCUT2D eigenvalue weighted by Gasteiger charge is -2.24. The summed E-state index contributed by atoms with van der Waals surface area (Å²) in [4.78, 5) is 6.99. The van der Waals surface area contributed by atoms with Crippen molar-refractivity contribution < 1.29 is 8.42 Å². The smallest absolute Gasteiger partial charge is 0.210 e. The van der Waals surface area contributed by atoms with Gasteiger partial charge in [0.05, 0.1) is 28.0 Å². The number of anilines is 1. The predicted molar refractivity (Wildman–Crippen MR) is 110 cm³/mol. The summed E-state index contributed by atoms with van der Waals surface area (Å²) in [6.07, 6.45) is 9.48. The summed E-state index contributed by atoms with van der Waals surface area (Å²) in [6, 6.07) is 12.1. The number of sulfone groups is 1. The van der Waals surface area contributed by atoms with E-state index >= 15 is 0 Å². The molecule has 0 atom stereocenters. The van der Waals surface area contributed by atoms with Gasteiger partial charge in [-0.25, -0.2) is 13.4 Å². The Kier molecular flexibility index (Phi) is 4.02. The fourth-order valence-electron chi connectivity index (χ4n) is 3.60. The van der Waals surface area contributed by atoms with Crippen molar-refractivity contribution in [2.75, 3.05) is 4.90 Å². The van der Waals surface area contributed by atoms with Crippen molar-refractivity contribution in [2.24, 2.45) is 7.05 Å². The molecule has 4 aromatic rings. The molecule has 0 saturated carbocycles.